The lowest BCUT2D eigenvalue weighted by Gasteiger charge is -2.36. The van der Waals surface area contributed by atoms with Crippen molar-refractivity contribution >= 4 is 29.3 Å². The van der Waals surface area contributed by atoms with Crippen LogP contribution >= 0.6 is 0 Å². The normalized spacial score (nSPS) is 17.1. The summed E-state index contributed by atoms with van der Waals surface area (Å²) in [6.45, 7) is 15.1. The first-order valence-corrected chi connectivity index (χ1v) is 19.9. The quantitative estimate of drug-likeness (QED) is 0.120. The van der Waals surface area contributed by atoms with Crippen LogP contribution in [0.1, 0.15) is 58.9 Å². The zero-order chi connectivity index (χ0) is 32.1. The van der Waals surface area contributed by atoms with Gasteiger partial charge in [-0.3, -0.25) is 4.18 Å². The van der Waals surface area contributed by atoms with Gasteiger partial charge in [-0.1, -0.05) is 20.8 Å². The van der Waals surface area contributed by atoms with Crippen LogP contribution in [0.2, 0.25) is 18.1 Å². The molecule has 2 unspecified atom stereocenters. The van der Waals surface area contributed by atoms with Gasteiger partial charge in [0.05, 0.1) is 44.3 Å². The van der Waals surface area contributed by atoms with E-state index in [0.717, 1.165) is 53.4 Å². The second-order valence-corrected chi connectivity index (χ2v) is 19.2. The van der Waals surface area contributed by atoms with Crippen LogP contribution in [0.5, 0.6) is 5.75 Å². The minimum atomic E-state index is -3.52. The van der Waals surface area contributed by atoms with E-state index >= 15 is 0 Å². The largest absolute Gasteiger partial charge is 0.543 e. The molecule has 0 saturated carbocycles. The maximum Gasteiger partial charge on any atom is 0.264 e. The third kappa shape index (κ3) is 8.71. The summed E-state index contributed by atoms with van der Waals surface area (Å²) in [5.74, 6) is 0.822. The number of aromatic nitrogens is 3. The van der Waals surface area contributed by atoms with E-state index in [9.17, 15) is 13.7 Å². The second kappa shape index (κ2) is 14.1. The highest BCUT2D eigenvalue weighted by molar-refractivity contribution is 7.86. The number of benzene rings is 1. The first kappa shape index (κ1) is 34.1. The summed E-state index contributed by atoms with van der Waals surface area (Å²) in [6.07, 6.45) is 5.27. The van der Waals surface area contributed by atoms with Crippen LogP contribution in [0.15, 0.2) is 30.5 Å². The standard InChI is InChI=1S/C31H46N4O7SSi/c1-23(41-43(5,36)37)22-39-17-16-38-15-13-34-21-24(18-25(34)20-32)30-27-19-26(42-44(6,7)31(2,3)4)11-12-28(27)35(33-30)29-10-8-9-14-40-29/h11-12,18-19,21,23,29H,8-10,13-17,22H2,1-7H3. The Bertz CT molecular complexity index is 1560. The van der Waals surface area contributed by atoms with Gasteiger partial charge < -0.3 is 23.2 Å². The van der Waals surface area contributed by atoms with Gasteiger partial charge in [0.25, 0.3) is 10.1 Å². The third-order valence-electron chi connectivity index (χ3n) is 8.11. The van der Waals surface area contributed by atoms with Crippen molar-refractivity contribution < 1.29 is 31.2 Å². The lowest BCUT2D eigenvalue weighted by Crippen LogP contribution is -2.43. The first-order chi connectivity index (χ1) is 20.7. The molecule has 2 aromatic heterocycles. The molecule has 0 bridgehead atoms. The summed E-state index contributed by atoms with van der Waals surface area (Å²) in [5.41, 5.74) is 3.11. The second-order valence-electron chi connectivity index (χ2n) is 12.9. The summed E-state index contributed by atoms with van der Waals surface area (Å²) in [4.78, 5) is 0. The van der Waals surface area contributed by atoms with E-state index < -0.39 is 24.5 Å². The van der Waals surface area contributed by atoms with Crippen molar-refractivity contribution in [2.45, 2.75) is 84.0 Å². The van der Waals surface area contributed by atoms with Crippen molar-refractivity contribution in [2.75, 3.05) is 39.3 Å². The molecule has 0 radical (unpaired) electrons. The SMILES string of the molecule is CC(COCCOCCn1cc(-c2nn(C3CCCCO3)c3ccc(O[Si](C)(C)C(C)(C)C)cc23)cc1C#N)OS(C)(=O)=O. The zero-order valence-corrected chi connectivity index (χ0v) is 28.8. The van der Waals surface area contributed by atoms with Crippen molar-refractivity contribution in [3.8, 4) is 23.1 Å². The van der Waals surface area contributed by atoms with E-state index in [1.54, 1.807) is 6.92 Å². The molecular formula is C31H46N4O7SSi. The van der Waals surface area contributed by atoms with Gasteiger partial charge in [-0.05, 0) is 68.6 Å². The van der Waals surface area contributed by atoms with Crippen molar-refractivity contribution in [1.29, 1.82) is 5.26 Å². The maximum atomic E-state index is 11.2. The lowest BCUT2D eigenvalue weighted by molar-refractivity contribution is -0.0365. The highest BCUT2D eigenvalue weighted by Crippen LogP contribution is 2.40. The molecule has 11 nitrogen and oxygen atoms in total. The summed E-state index contributed by atoms with van der Waals surface area (Å²) in [5, 5.41) is 16.0. The molecule has 242 valence electrons. The molecule has 0 amide bonds. The highest BCUT2D eigenvalue weighted by Gasteiger charge is 2.39. The summed E-state index contributed by atoms with van der Waals surface area (Å²) < 4.78 is 55.0. The fraction of sp³-hybridized carbons (Fsp3) is 0.613. The summed E-state index contributed by atoms with van der Waals surface area (Å²) in [6, 6.07) is 10.3. The van der Waals surface area contributed by atoms with Crippen LogP contribution in [0.25, 0.3) is 22.2 Å². The van der Waals surface area contributed by atoms with Crippen LogP contribution in [0.3, 0.4) is 0 Å². The van der Waals surface area contributed by atoms with Crippen molar-refractivity contribution in [3.63, 3.8) is 0 Å². The Balaban J connectivity index is 1.50. The smallest absolute Gasteiger partial charge is 0.264 e. The number of hydrogen-bond donors (Lipinski definition) is 0. The Labute approximate surface area is 262 Å². The minimum absolute atomic E-state index is 0.0586. The highest BCUT2D eigenvalue weighted by atomic mass is 32.2. The molecule has 2 atom stereocenters. The molecule has 4 rings (SSSR count). The molecule has 3 heterocycles. The Morgan fingerprint density at radius 1 is 1.16 bits per heavy atom. The molecule has 13 heteroatoms. The minimum Gasteiger partial charge on any atom is -0.543 e. The molecule has 1 aliphatic rings. The number of rotatable bonds is 14. The fourth-order valence-corrected chi connectivity index (χ4v) is 6.53. The summed E-state index contributed by atoms with van der Waals surface area (Å²) >= 11 is 0. The number of nitriles is 1. The average molecular weight is 647 g/mol. The molecule has 1 saturated heterocycles. The van der Waals surface area contributed by atoms with Crippen LogP contribution in [-0.4, -0.2) is 76.5 Å². The van der Waals surface area contributed by atoms with E-state index in [4.69, 9.17) is 27.9 Å². The van der Waals surface area contributed by atoms with Gasteiger partial charge in [0, 0.05) is 30.3 Å². The molecule has 1 aromatic carbocycles. The molecule has 3 aromatic rings. The number of fused-ring (bicyclic) bond motifs is 1. The fourth-order valence-electron chi connectivity index (χ4n) is 4.85. The number of hydrogen-bond acceptors (Lipinski definition) is 9. The van der Waals surface area contributed by atoms with Crippen molar-refractivity contribution in [1.82, 2.24) is 14.3 Å². The third-order valence-corrected chi connectivity index (χ3v) is 13.1. The Morgan fingerprint density at radius 2 is 1.91 bits per heavy atom. The van der Waals surface area contributed by atoms with E-state index in [0.29, 0.717) is 38.7 Å². The molecule has 1 fully saturated rings. The molecule has 1 aliphatic heterocycles. The predicted octanol–water partition coefficient (Wildman–Crippen LogP) is 5.86. The molecule has 44 heavy (non-hydrogen) atoms. The van der Waals surface area contributed by atoms with Gasteiger partial charge in [-0.15, -0.1) is 0 Å². The van der Waals surface area contributed by atoms with Crippen LogP contribution in [0, 0.1) is 11.3 Å². The van der Waals surface area contributed by atoms with E-state index in [1.807, 2.05) is 27.6 Å². The van der Waals surface area contributed by atoms with Crippen molar-refractivity contribution in [3.05, 3.63) is 36.2 Å². The molecule has 0 N–H and O–H groups in total. The van der Waals surface area contributed by atoms with Crippen LogP contribution in [0.4, 0.5) is 0 Å². The topological polar surface area (TPSA) is 127 Å². The van der Waals surface area contributed by atoms with E-state index in [2.05, 4.69) is 52.1 Å². The lowest BCUT2D eigenvalue weighted by atomic mass is 10.1. The van der Waals surface area contributed by atoms with Crippen molar-refractivity contribution in [2.24, 2.45) is 0 Å². The first-order valence-electron chi connectivity index (χ1n) is 15.2. The van der Waals surface area contributed by atoms with Gasteiger partial charge in [0.15, 0.2) is 6.23 Å². The van der Waals surface area contributed by atoms with Crippen LogP contribution < -0.4 is 4.43 Å². The Hall–Kier alpha value is -2.73. The Kier molecular flexibility index (Phi) is 11.0. The van der Waals surface area contributed by atoms with Crippen LogP contribution in [-0.2, 0) is 35.1 Å². The van der Waals surface area contributed by atoms with E-state index in [1.165, 1.54) is 0 Å². The predicted molar refractivity (Wildman–Crippen MR) is 172 cm³/mol. The summed E-state index contributed by atoms with van der Waals surface area (Å²) in [7, 11) is -5.58. The van der Waals surface area contributed by atoms with Gasteiger partial charge in [-0.2, -0.15) is 18.8 Å². The van der Waals surface area contributed by atoms with Gasteiger partial charge in [0.2, 0.25) is 8.32 Å². The van der Waals surface area contributed by atoms with Gasteiger partial charge >= 0.3 is 0 Å². The van der Waals surface area contributed by atoms with Gasteiger partial charge in [0.1, 0.15) is 23.2 Å². The molecule has 0 spiro atoms. The zero-order valence-electron chi connectivity index (χ0n) is 27.0. The monoisotopic (exact) mass is 646 g/mol. The average Bonchev–Trinajstić information content (AvgIpc) is 3.52. The molecule has 0 aliphatic carbocycles. The number of ether oxygens (including phenoxy) is 3. The number of nitrogens with zero attached hydrogens (tertiary/aromatic N) is 4. The van der Waals surface area contributed by atoms with Gasteiger partial charge in [-0.25, -0.2) is 4.68 Å². The Morgan fingerprint density at radius 3 is 2.57 bits per heavy atom. The molecular weight excluding hydrogens is 601 g/mol. The van der Waals surface area contributed by atoms with E-state index in [-0.39, 0.29) is 17.9 Å². The maximum absolute atomic E-state index is 11.2.